The lowest BCUT2D eigenvalue weighted by Gasteiger charge is -2.23. The van der Waals surface area contributed by atoms with Crippen molar-refractivity contribution in [1.29, 1.82) is 0 Å². The highest BCUT2D eigenvalue weighted by atomic mass is 16.2. The number of aromatic amines is 1. The molecule has 0 saturated heterocycles. The van der Waals surface area contributed by atoms with E-state index in [1.807, 2.05) is 47.5 Å². The third kappa shape index (κ3) is 4.91. The number of carbonyl (C=O) groups excluding carboxylic acids is 1. The van der Waals surface area contributed by atoms with E-state index >= 15 is 0 Å². The van der Waals surface area contributed by atoms with Gasteiger partial charge in [0.15, 0.2) is 0 Å². The normalized spacial score (nSPS) is 10.9. The fourth-order valence-electron chi connectivity index (χ4n) is 3.67. The van der Waals surface area contributed by atoms with Gasteiger partial charge in [-0.25, -0.2) is 0 Å². The molecule has 1 amide bonds. The highest BCUT2D eigenvalue weighted by Gasteiger charge is 2.16. The highest BCUT2D eigenvalue weighted by molar-refractivity contribution is 5.88. The van der Waals surface area contributed by atoms with Gasteiger partial charge in [0.05, 0.1) is 6.42 Å². The van der Waals surface area contributed by atoms with Crippen LogP contribution in [-0.4, -0.2) is 27.3 Å². The van der Waals surface area contributed by atoms with Crippen LogP contribution >= 0.6 is 0 Å². The second-order valence-electron chi connectivity index (χ2n) is 7.30. The Labute approximate surface area is 171 Å². The van der Waals surface area contributed by atoms with Crippen LogP contribution in [-0.2, 0) is 24.2 Å². The summed E-state index contributed by atoms with van der Waals surface area (Å²) >= 11 is 0. The lowest BCUT2D eigenvalue weighted by atomic mass is 10.1. The molecule has 4 heteroatoms. The van der Waals surface area contributed by atoms with Crippen molar-refractivity contribution in [2.45, 2.75) is 25.8 Å². The first-order valence-corrected chi connectivity index (χ1v) is 10.1. The first-order chi connectivity index (χ1) is 14.3. The highest BCUT2D eigenvalue weighted by Crippen LogP contribution is 2.19. The van der Waals surface area contributed by atoms with Crippen LogP contribution in [0.2, 0.25) is 0 Å². The minimum absolute atomic E-state index is 0.152. The van der Waals surface area contributed by atoms with Crippen molar-refractivity contribution in [1.82, 2.24) is 14.9 Å². The fraction of sp³-hybridized carbons (Fsp3) is 0.200. The summed E-state index contributed by atoms with van der Waals surface area (Å²) in [6, 6.07) is 22.5. The van der Waals surface area contributed by atoms with Gasteiger partial charge in [-0.3, -0.25) is 9.78 Å². The van der Waals surface area contributed by atoms with Gasteiger partial charge in [0.25, 0.3) is 0 Å². The molecule has 1 N–H and O–H groups in total. The predicted molar refractivity (Wildman–Crippen MR) is 116 cm³/mol. The molecule has 0 spiro atoms. The van der Waals surface area contributed by atoms with Crippen LogP contribution in [0.1, 0.15) is 23.1 Å². The first kappa shape index (κ1) is 18.9. The Kier molecular flexibility index (Phi) is 6.01. The summed E-state index contributed by atoms with van der Waals surface area (Å²) in [5.74, 6) is 0.152. The number of aromatic nitrogens is 2. The Bertz CT molecular complexity index is 1060. The third-order valence-corrected chi connectivity index (χ3v) is 5.23. The number of nitrogens with zero attached hydrogens (tertiary/aromatic N) is 2. The Morgan fingerprint density at radius 1 is 0.897 bits per heavy atom. The number of carbonyl (C=O) groups is 1. The minimum atomic E-state index is 0.152. The molecule has 0 aliphatic carbocycles. The van der Waals surface area contributed by atoms with Crippen molar-refractivity contribution < 1.29 is 4.79 Å². The molecular weight excluding hydrogens is 358 g/mol. The number of hydrogen-bond donors (Lipinski definition) is 1. The zero-order chi connectivity index (χ0) is 19.9. The summed E-state index contributed by atoms with van der Waals surface area (Å²) in [5.41, 5.74) is 4.53. The van der Waals surface area contributed by atoms with Crippen LogP contribution in [0.5, 0.6) is 0 Å². The molecule has 146 valence electrons. The number of benzene rings is 2. The molecular formula is C25H25N3O. The first-order valence-electron chi connectivity index (χ1n) is 10.1. The van der Waals surface area contributed by atoms with E-state index in [1.165, 1.54) is 5.56 Å². The van der Waals surface area contributed by atoms with Crippen molar-refractivity contribution in [3.05, 3.63) is 102 Å². The van der Waals surface area contributed by atoms with E-state index in [4.69, 9.17) is 0 Å². The minimum Gasteiger partial charge on any atom is -0.361 e. The number of nitrogens with one attached hydrogen (secondary N) is 1. The zero-order valence-electron chi connectivity index (χ0n) is 16.4. The monoisotopic (exact) mass is 383 g/mol. The molecule has 0 radical (unpaired) electrons. The van der Waals surface area contributed by atoms with Crippen molar-refractivity contribution in [3.63, 3.8) is 0 Å². The number of aryl methyl sites for hydroxylation is 1. The Balaban J connectivity index is 1.46. The second kappa shape index (κ2) is 9.20. The largest absolute Gasteiger partial charge is 0.361 e. The summed E-state index contributed by atoms with van der Waals surface area (Å²) in [6.07, 6.45) is 7.82. The van der Waals surface area contributed by atoms with Gasteiger partial charge >= 0.3 is 0 Å². The van der Waals surface area contributed by atoms with Crippen LogP contribution in [0.15, 0.2) is 85.3 Å². The van der Waals surface area contributed by atoms with Crippen molar-refractivity contribution >= 4 is 16.8 Å². The van der Waals surface area contributed by atoms with Crippen molar-refractivity contribution in [2.75, 3.05) is 6.54 Å². The molecule has 2 aromatic heterocycles. The van der Waals surface area contributed by atoms with Gasteiger partial charge in [-0.2, -0.15) is 0 Å². The topological polar surface area (TPSA) is 49.0 Å². The van der Waals surface area contributed by atoms with Crippen LogP contribution in [0, 0.1) is 0 Å². The van der Waals surface area contributed by atoms with E-state index in [0.717, 1.165) is 41.4 Å². The molecule has 2 heterocycles. The van der Waals surface area contributed by atoms with Crippen LogP contribution < -0.4 is 0 Å². The third-order valence-electron chi connectivity index (χ3n) is 5.23. The van der Waals surface area contributed by atoms with E-state index in [0.29, 0.717) is 13.0 Å². The molecule has 0 aliphatic heterocycles. The number of hydrogen-bond acceptors (Lipinski definition) is 2. The number of fused-ring (bicyclic) bond motifs is 1. The molecule has 2 aromatic carbocycles. The summed E-state index contributed by atoms with van der Waals surface area (Å²) in [7, 11) is 0. The van der Waals surface area contributed by atoms with E-state index in [1.54, 1.807) is 12.4 Å². The van der Waals surface area contributed by atoms with Gasteiger partial charge in [-0.05, 0) is 47.7 Å². The van der Waals surface area contributed by atoms with Gasteiger partial charge in [-0.1, -0.05) is 48.5 Å². The molecule has 0 aliphatic rings. The van der Waals surface area contributed by atoms with Crippen LogP contribution in [0.3, 0.4) is 0 Å². The zero-order valence-corrected chi connectivity index (χ0v) is 16.4. The molecule has 4 nitrogen and oxygen atoms in total. The summed E-state index contributed by atoms with van der Waals surface area (Å²) in [5, 5.41) is 1.12. The maximum absolute atomic E-state index is 13.2. The number of pyridine rings is 1. The fourth-order valence-corrected chi connectivity index (χ4v) is 3.67. The van der Waals surface area contributed by atoms with Crippen LogP contribution in [0.25, 0.3) is 10.9 Å². The molecule has 4 rings (SSSR count). The van der Waals surface area contributed by atoms with Crippen molar-refractivity contribution in [2.24, 2.45) is 0 Å². The molecule has 0 atom stereocenters. The SMILES string of the molecule is O=C(Cc1c[nH]c2ccccc12)N(CCCc1ccccc1)Cc1ccncc1. The number of amides is 1. The molecule has 0 fully saturated rings. The predicted octanol–water partition coefficient (Wildman–Crippen LogP) is 4.77. The molecule has 0 unspecified atom stereocenters. The average Bonchev–Trinajstić information content (AvgIpc) is 3.17. The summed E-state index contributed by atoms with van der Waals surface area (Å²) in [4.78, 5) is 22.5. The summed E-state index contributed by atoms with van der Waals surface area (Å²) in [6.45, 7) is 1.34. The van der Waals surface area contributed by atoms with Gasteiger partial charge in [0.1, 0.15) is 0 Å². The Hall–Kier alpha value is -3.40. The molecule has 4 aromatic rings. The van der Waals surface area contributed by atoms with Crippen molar-refractivity contribution in [3.8, 4) is 0 Å². The van der Waals surface area contributed by atoms with Gasteiger partial charge in [-0.15, -0.1) is 0 Å². The van der Waals surface area contributed by atoms with E-state index in [9.17, 15) is 4.79 Å². The van der Waals surface area contributed by atoms with Gasteiger partial charge < -0.3 is 9.88 Å². The maximum atomic E-state index is 13.2. The van der Waals surface area contributed by atoms with Crippen LogP contribution in [0.4, 0.5) is 0 Å². The number of para-hydroxylation sites is 1. The lowest BCUT2D eigenvalue weighted by molar-refractivity contribution is -0.131. The number of rotatable bonds is 8. The van der Waals surface area contributed by atoms with Gasteiger partial charge in [0, 0.05) is 42.6 Å². The summed E-state index contributed by atoms with van der Waals surface area (Å²) < 4.78 is 0. The Morgan fingerprint density at radius 2 is 1.66 bits per heavy atom. The maximum Gasteiger partial charge on any atom is 0.227 e. The number of H-pyrrole nitrogens is 1. The van der Waals surface area contributed by atoms with E-state index in [2.05, 4.69) is 40.3 Å². The lowest BCUT2D eigenvalue weighted by Crippen LogP contribution is -2.33. The van der Waals surface area contributed by atoms with Gasteiger partial charge in [0.2, 0.25) is 5.91 Å². The molecule has 29 heavy (non-hydrogen) atoms. The molecule has 0 saturated carbocycles. The average molecular weight is 383 g/mol. The van der Waals surface area contributed by atoms with E-state index < -0.39 is 0 Å². The molecule has 0 bridgehead atoms. The second-order valence-corrected chi connectivity index (χ2v) is 7.30. The standard InChI is InChI=1S/C25H25N3O/c29-25(17-22-18-27-24-11-5-4-10-23(22)24)28(19-21-12-14-26-15-13-21)16-6-9-20-7-2-1-3-8-20/h1-5,7-8,10-15,18,27H,6,9,16-17,19H2. The smallest absolute Gasteiger partial charge is 0.227 e. The Morgan fingerprint density at radius 3 is 2.48 bits per heavy atom. The van der Waals surface area contributed by atoms with E-state index in [-0.39, 0.29) is 5.91 Å². The quantitative estimate of drug-likeness (QED) is 0.477.